The van der Waals surface area contributed by atoms with E-state index in [9.17, 15) is 19.5 Å². The number of nitrogens with zero attached hydrogens (tertiary/aromatic N) is 1. The Morgan fingerprint density at radius 1 is 1.14 bits per heavy atom. The van der Waals surface area contributed by atoms with Gasteiger partial charge in [-0.15, -0.1) is 11.8 Å². The molecule has 153 valence electrons. The van der Waals surface area contributed by atoms with Gasteiger partial charge in [0.15, 0.2) is 11.5 Å². The van der Waals surface area contributed by atoms with Crippen molar-refractivity contribution >= 4 is 59.1 Å². The first-order valence-electron chi connectivity index (χ1n) is 8.50. The van der Waals surface area contributed by atoms with Crippen molar-refractivity contribution in [3.63, 3.8) is 0 Å². The summed E-state index contributed by atoms with van der Waals surface area (Å²) >= 11 is 1.36. The van der Waals surface area contributed by atoms with E-state index in [0.717, 1.165) is 0 Å². The second-order valence-electron chi connectivity index (χ2n) is 6.96. The van der Waals surface area contributed by atoms with Crippen molar-refractivity contribution in [2.75, 3.05) is 21.3 Å². The molecule has 0 saturated carbocycles. The number of carbonyl (C=O) groups excluding carboxylic acids is 2. The summed E-state index contributed by atoms with van der Waals surface area (Å²) in [5.74, 6) is -0.968. The third-order valence-corrected chi connectivity index (χ3v) is 6.46. The summed E-state index contributed by atoms with van der Waals surface area (Å²) in [7, 11) is 4.34. The van der Waals surface area contributed by atoms with Gasteiger partial charge in [0.1, 0.15) is 17.5 Å². The predicted octanol–water partition coefficient (Wildman–Crippen LogP) is 0.577. The fourth-order valence-electron chi connectivity index (χ4n) is 3.58. The van der Waals surface area contributed by atoms with E-state index in [1.165, 1.54) is 50.1 Å². The number of carbonyl (C=O) groups is 3. The van der Waals surface area contributed by atoms with Crippen LogP contribution in [0.3, 0.4) is 0 Å². The molecule has 2 fully saturated rings. The van der Waals surface area contributed by atoms with E-state index < -0.39 is 40.0 Å². The van der Waals surface area contributed by atoms with Gasteiger partial charge in [0.2, 0.25) is 11.7 Å². The van der Waals surface area contributed by atoms with Crippen LogP contribution < -0.4 is 19.5 Å². The Bertz CT molecular complexity index is 822. The first-order valence-corrected chi connectivity index (χ1v) is 9.38. The maximum absolute atomic E-state index is 12.7. The fourth-order valence-corrected chi connectivity index (χ4v) is 5.21. The van der Waals surface area contributed by atoms with Crippen molar-refractivity contribution in [2.45, 2.75) is 36.1 Å². The molecule has 2 heterocycles. The number of fused-ring (bicyclic) bond motifs is 1. The first-order chi connectivity index (χ1) is 13.2. The maximum Gasteiger partial charge on any atom is 0.327 e. The number of carboxylic acids is 1. The number of benzene rings is 1. The molecule has 0 bridgehead atoms. The summed E-state index contributed by atoms with van der Waals surface area (Å²) in [4.78, 5) is 38.2. The topological polar surface area (TPSA) is 114 Å². The summed E-state index contributed by atoms with van der Waals surface area (Å²) in [6.45, 7) is 3.56. The molecule has 0 aromatic heterocycles. The Morgan fingerprint density at radius 3 is 2.14 bits per heavy atom. The van der Waals surface area contributed by atoms with Gasteiger partial charge in [-0.25, -0.2) is 4.79 Å². The molecule has 1 aromatic rings. The molecule has 1 radical (unpaired) electrons. The van der Waals surface area contributed by atoms with Gasteiger partial charge >= 0.3 is 5.97 Å². The van der Waals surface area contributed by atoms with Crippen LogP contribution in [0.2, 0.25) is 0 Å². The Hall–Kier alpha value is -1.62. The van der Waals surface area contributed by atoms with Crippen LogP contribution in [0.15, 0.2) is 12.1 Å². The van der Waals surface area contributed by atoms with Crippen LogP contribution in [0.4, 0.5) is 0 Å². The predicted molar refractivity (Wildman–Crippen MR) is 107 cm³/mol. The Balaban J connectivity index is 0.00000300. The van der Waals surface area contributed by atoms with Gasteiger partial charge in [0.25, 0.3) is 5.91 Å². The summed E-state index contributed by atoms with van der Waals surface area (Å²) in [6, 6.07) is 1.26. The normalized spacial score (nSPS) is 24.0. The van der Waals surface area contributed by atoms with Gasteiger partial charge in [-0.05, 0) is 26.0 Å². The van der Waals surface area contributed by atoms with Crippen molar-refractivity contribution in [2.24, 2.45) is 0 Å². The van der Waals surface area contributed by atoms with Crippen LogP contribution in [0.5, 0.6) is 17.2 Å². The molecule has 2 aliphatic heterocycles. The van der Waals surface area contributed by atoms with Gasteiger partial charge < -0.3 is 29.5 Å². The SMILES string of the molecule is COc1cc(C(=O)N[C@@H]2C(=O)N3[C@@H]2SC(C)(C)[C@@H]3C(=O)O)cc(OC)c1OC.[Na]. The van der Waals surface area contributed by atoms with E-state index in [1.807, 2.05) is 0 Å². The fraction of sp³-hybridized carbons (Fsp3) is 0.500. The summed E-state index contributed by atoms with van der Waals surface area (Å²) in [5.41, 5.74) is 0.234. The zero-order chi connectivity index (χ0) is 20.8. The zero-order valence-corrected chi connectivity index (χ0v) is 20.0. The van der Waals surface area contributed by atoms with E-state index in [-0.39, 0.29) is 35.1 Å². The smallest absolute Gasteiger partial charge is 0.327 e. The molecule has 9 nitrogen and oxygen atoms in total. The van der Waals surface area contributed by atoms with Crippen molar-refractivity contribution in [3.8, 4) is 17.2 Å². The summed E-state index contributed by atoms with van der Waals surface area (Å²) < 4.78 is 15.1. The van der Waals surface area contributed by atoms with Crippen LogP contribution in [-0.4, -0.2) is 101 Å². The third kappa shape index (κ3) is 3.90. The van der Waals surface area contributed by atoms with Crippen LogP contribution in [0, 0.1) is 0 Å². The van der Waals surface area contributed by atoms with E-state index in [1.54, 1.807) is 13.8 Å². The number of methoxy groups -OCH3 is 3. The number of β-lactam (4-membered cyclic amide) rings is 1. The average molecular weight is 433 g/mol. The number of hydrogen-bond acceptors (Lipinski definition) is 7. The first kappa shape index (κ1) is 23.7. The van der Waals surface area contributed by atoms with Gasteiger partial charge in [-0.2, -0.15) is 0 Å². The molecule has 29 heavy (non-hydrogen) atoms. The maximum atomic E-state index is 12.7. The molecule has 1 aromatic carbocycles. The van der Waals surface area contributed by atoms with E-state index in [2.05, 4.69) is 5.32 Å². The van der Waals surface area contributed by atoms with Gasteiger partial charge in [-0.1, -0.05) is 0 Å². The largest absolute Gasteiger partial charge is 0.493 e. The Kier molecular flexibility index (Phi) is 7.04. The molecular formula is C18H22N2NaO7S. The minimum absolute atomic E-state index is 0. The number of ether oxygens (including phenoxy) is 3. The standard InChI is InChI=1S/C18H22N2O7S.Na/c1-18(2)13(17(23)24)20-15(22)11(16(20)28-18)19-14(21)8-6-9(25-3)12(27-5)10(7-8)26-4;/h6-7,11,13,16H,1-5H3,(H,19,21)(H,23,24);/t11-,13+,16-;/m1./s1. The minimum Gasteiger partial charge on any atom is -0.493 e. The van der Waals surface area contributed by atoms with Crippen LogP contribution in [0.25, 0.3) is 0 Å². The second kappa shape index (κ2) is 8.63. The molecule has 3 atom stereocenters. The summed E-state index contributed by atoms with van der Waals surface area (Å²) in [5, 5.41) is 11.7. The summed E-state index contributed by atoms with van der Waals surface area (Å²) in [6.07, 6.45) is 0. The number of carboxylic acid groups (broad SMARTS) is 1. The van der Waals surface area contributed by atoms with Crippen molar-refractivity contribution in [1.29, 1.82) is 0 Å². The third-order valence-electron chi connectivity index (χ3n) is 4.89. The van der Waals surface area contributed by atoms with E-state index in [4.69, 9.17) is 14.2 Å². The number of nitrogens with one attached hydrogen (secondary N) is 1. The Labute approximate surface area is 194 Å². The number of rotatable bonds is 6. The number of hydrogen-bond donors (Lipinski definition) is 2. The molecule has 11 heteroatoms. The molecule has 0 spiro atoms. The monoisotopic (exact) mass is 433 g/mol. The van der Waals surface area contributed by atoms with E-state index >= 15 is 0 Å². The van der Waals surface area contributed by atoms with Crippen LogP contribution in [0.1, 0.15) is 24.2 Å². The molecule has 3 rings (SSSR count). The molecule has 2 N–H and O–H groups in total. The quantitative estimate of drug-likeness (QED) is 0.495. The molecule has 0 unspecified atom stereocenters. The van der Waals surface area contributed by atoms with Gasteiger partial charge in [-0.3, -0.25) is 9.59 Å². The van der Waals surface area contributed by atoms with Crippen molar-refractivity contribution < 1.29 is 33.7 Å². The molecule has 2 saturated heterocycles. The number of thioether (sulfide) groups is 1. The van der Waals surface area contributed by atoms with Crippen LogP contribution >= 0.6 is 11.8 Å². The van der Waals surface area contributed by atoms with Gasteiger partial charge in [0, 0.05) is 39.9 Å². The minimum atomic E-state index is -1.05. The van der Waals surface area contributed by atoms with Crippen LogP contribution in [-0.2, 0) is 9.59 Å². The van der Waals surface area contributed by atoms with E-state index in [0.29, 0.717) is 17.2 Å². The molecular weight excluding hydrogens is 411 g/mol. The average Bonchev–Trinajstić information content (AvgIpc) is 2.92. The number of amides is 2. The second-order valence-corrected chi connectivity index (χ2v) is 8.73. The van der Waals surface area contributed by atoms with Crippen molar-refractivity contribution in [1.82, 2.24) is 10.2 Å². The Morgan fingerprint density at radius 2 is 1.69 bits per heavy atom. The zero-order valence-electron chi connectivity index (χ0n) is 17.1. The number of aliphatic carboxylic acids is 1. The molecule has 2 amide bonds. The molecule has 0 aliphatic carbocycles. The van der Waals surface area contributed by atoms with Gasteiger partial charge in [0.05, 0.1) is 21.3 Å². The van der Waals surface area contributed by atoms with Crippen molar-refractivity contribution in [3.05, 3.63) is 17.7 Å². The molecule has 2 aliphatic rings.